The number of likely N-dealkylation sites (N-methyl/N-ethyl adjacent to an activating group) is 2. The van der Waals surface area contributed by atoms with Gasteiger partial charge in [0.05, 0.1) is 6.04 Å². The third-order valence-electron chi connectivity index (χ3n) is 3.28. The van der Waals surface area contributed by atoms with Crippen LogP contribution < -0.4 is 5.32 Å². The summed E-state index contributed by atoms with van der Waals surface area (Å²) in [7, 11) is 1.93. The Labute approximate surface area is 89.1 Å². The predicted molar refractivity (Wildman–Crippen MR) is 63.3 cm³/mol. The molecule has 0 bridgehead atoms. The van der Waals surface area contributed by atoms with Gasteiger partial charge in [-0.25, -0.2) is 0 Å². The van der Waals surface area contributed by atoms with E-state index in [1.807, 2.05) is 7.05 Å². The Kier molecular flexibility index (Phi) is 5.83. The fourth-order valence-electron chi connectivity index (χ4n) is 2.13. The Balaban J connectivity index is 4.84. The summed E-state index contributed by atoms with van der Waals surface area (Å²) in [6.45, 7) is 10.9. The van der Waals surface area contributed by atoms with Crippen molar-refractivity contribution in [1.29, 1.82) is 0 Å². The topological polar surface area (TPSA) is 15.3 Å². The fraction of sp³-hybridized carbons (Fsp3) is 0.833. The monoisotopic (exact) mass is 196 g/mol. The summed E-state index contributed by atoms with van der Waals surface area (Å²) in [5.74, 6) is 2.84. The normalized spacial score (nSPS) is 17.5. The molecule has 14 heavy (non-hydrogen) atoms. The van der Waals surface area contributed by atoms with Crippen LogP contribution in [-0.4, -0.2) is 36.6 Å². The molecule has 0 saturated heterocycles. The number of nitrogens with one attached hydrogen (secondary N) is 1. The maximum Gasteiger partial charge on any atom is 0.0868 e. The Morgan fingerprint density at radius 1 is 1.36 bits per heavy atom. The predicted octanol–water partition coefficient (Wildman–Crippen LogP) is 1.72. The van der Waals surface area contributed by atoms with E-state index in [-0.39, 0.29) is 11.6 Å². The van der Waals surface area contributed by atoms with Crippen LogP contribution in [0, 0.1) is 12.3 Å². The van der Waals surface area contributed by atoms with Gasteiger partial charge in [-0.1, -0.05) is 26.7 Å². The Morgan fingerprint density at radius 3 is 2.07 bits per heavy atom. The van der Waals surface area contributed by atoms with Gasteiger partial charge in [-0.15, -0.1) is 6.42 Å². The van der Waals surface area contributed by atoms with Crippen molar-refractivity contribution in [2.45, 2.75) is 45.7 Å². The van der Waals surface area contributed by atoms with E-state index < -0.39 is 0 Å². The molecule has 0 aliphatic carbocycles. The van der Waals surface area contributed by atoms with E-state index >= 15 is 0 Å². The lowest BCUT2D eigenvalue weighted by Crippen LogP contribution is -2.58. The van der Waals surface area contributed by atoms with Crippen LogP contribution in [0.4, 0.5) is 0 Å². The maximum absolute atomic E-state index is 5.55. The first-order valence-corrected chi connectivity index (χ1v) is 5.49. The van der Waals surface area contributed by atoms with Gasteiger partial charge in [0.25, 0.3) is 0 Å². The third kappa shape index (κ3) is 2.50. The van der Waals surface area contributed by atoms with Gasteiger partial charge in [0.15, 0.2) is 0 Å². The molecule has 0 aromatic heterocycles. The quantitative estimate of drug-likeness (QED) is 0.651. The summed E-state index contributed by atoms with van der Waals surface area (Å²) >= 11 is 0. The molecule has 0 heterocycles. The molecule has 2 nitrogen and oxygen atoms in total. The van der Waals surface area contributed by atoms with Gasteiger partial charge in [0, 0.05) is 5.54 Å². The molecule has 0 amide bonds. The molecule has 2 unspecified atom stereocenters. The van der Waals surface area contributed by atoms with E-state index in [2.05, 4.69) is 43.8 Å². The summed E-state index contributed by atoms with van der Waals surface area (Å²) in [4.78, 5) is 2.42. The zero-order chi connectivity index (χ0) is 11.2. The molecule has 82 valence electrons. The summed E-state index contributed by atoms with van der Waals surface area (Å²) in [5, 5.41) is 3.21. The zero-order valence-corrected chi connectivity index (χ0v) is 10.2. The second-order valence-electron chi connectivity index (χ2n) is 3.77. The van der Waals surface area contributed by atoms with E-state index in [9.17, 15) is 0 Å². The van der Waals surface area contributed by atoms with Gasteiger partial charge in [-0.3, -0.25) is 4.90 Å². The van der Waals surface area contributed by atoms with Crippen molar-refractivity contribution in [3.05, 3.63) is 0 Å². The minimum atomic E-state index is 0.0625. The van der Waals surface area contributed by atoms with Crippen molar-refractivity contribution in [3.63, 3.8) is 0 Å². The first-order chi connectivity index (χ1) is 6.60. The Bertz CT molecular complexity index is 191. The first-order valence-electron chi connectivity index (χ1n) is 5.49. The number of terminal acetylenes is 1. The molecule has 0 aromatic rings. The largest absolute Gasteiger partial charge is 0.305 e. The highest BCUT2D eigenvalue weighted by Crippen LogP contribution is 2.22. The maximum atomic E-state index is 5.55. The number of hydrogen-bond donors (Lipinski definition) is 1. The molecule has 0 aromatic carbocycles. The second kappa shape index (κ2) is 6.06. The Morgan fingerprint density at radius 2 is 1.86 bits per heavy atom. The third-order valence-corrected chi connectivity index (χ3v) is 3.28. The lowest BCUT2D eigenvalue weighted by Gasteiger charge is -2.43. The molecule has 0 radical (unpaired) electrons. The molecular formula is C12H24N2. The van der Waals surface area contributed by atoms with Crippen LogP contribution in [0.25, 0.3) is 0 Å². The standard InChI is InChI=1S/C12H24N2/c1-7-11(13-6)12(5,8-2)14(9-3)10-4/h1,11,13H,8-10H2,2-6H3. The second-order valence-corrected chi connectivity index (χ2v) is 3.77. The van der Waals surface area contributed by atoms with E-state index in [1.165, 1.54) is 0 Å². The minimum absolute atomic E-state index is 0.0625. The number of nitrogens with zero attached hydrogens (tertiary/aromatic N) is 1. The lowest BCUT2D eigenvalue weighted by atomic mass is 9.87. The molecule has 0 spiro atoms. The molecule has 0 aliphatic heterocycles. The van der Waals surface area contributed by atoms with Gasteiger partial charge in [-0.2, -0.15) is 0 Å². The van der Waals surface area contributed by atoms with Crippen LogP contribution in [0.1, 0.15) is 34.1 Å². The highest BCUT2D eigenvalue weighted by molar-refractivity contribution is 5.11. The van der Waals surface area contributed by atoms with Crippen molar-refractivity contribution in [1.82, 2.24) is 10.2 Å². The summed E-state index contributed by atoms with van der Waals surface area (Å²) in [6.07, 6.45) is 6.61. The van der Waals surface area contributed by atoms with E-state index in [1.54, 1.807) is 0 Å². The lowest BCUT2D eigenvalue weighted by molar-refractivity contribution is 0.0921. The highest BCUT2D eigenvalue weighted by Gasteiger charge is 2.34. The number of hydrogen-bond acceptors (Lipinski definition) is 2. The molecule has 0 aliphatic rings. The molecule has 0 rings (SSSR count). The van der Waals surface area contributed by atoms with Crippen LogP contribution >= 0.6 is 0 Å². The minimum Gasteiger partial charge on any atom is -0.305 e. The van der Waals surface area contributed by atoms with Crippen molar-refractivity contribution in [2.24, 2.45) is 0 Å². The van der Waals surface area contributed by atoms with E-state index in [0.717, 1.165) is 19.5 Å². The van der Waals surface area contributed by atoms with Crippen LogP contribution in [0.5, 0.6) is 0 Å². The molecular weight excluding hydrogens is 172 g/mol. The van der Waals surface area contributed by atoms with Crippen molar-refractivity contribution in [3.8, 4) is 12.3 Å². The smallest absolute Gasteiger partial charge is 0.0868 e. The summed E-state index contributed by atoms with van der Waals surface area (Å²) in [6, 6.07) is 0.118. The average molecular weight is 196 g/mol. The highest BCUT2D eigenvalue weighted by atomic mass is 15.2. The van der Waals surface area contributed by atoms with E-state index in [0.29, 0.717) is 0 Å². The SMILES string of the molecule is C#CC(NC)C(C)(CC)N(CC)CC. The first kappa shape index (κ1) is 13.5. The van der Waals surface area contributed by atoms with Crippen LogP contribution in [0.15, 0.2) is 0 Å². The summed E-state index contributed by atoms with van der Waals surface area (Å²) < 4.78 is 0. The molecule has 1 N–H and O–H groups in total. The molecule has 2 heteroatoms. The van der Waals surface area contributed by atoms with Crippen molar-refractivity contribution >= 4 is 0 Å². The fourth-order valence-corrected chi connectivity index (χ4v) is 2.13. The molecule has 0 saturated carbocycles. The van der Waals surface area contributed by atoms with Crippen LogP contribution in [0.2, 0.25) is 0 Å². The van der Waals surface area contributed by atoms with Crippen LogP contribution in [-0.2, 0) is 0 Å². The molecule has 0 fully saturated rings. The van der Waals surface area contributed by atoms with Gasteiger partial charge < -0.3 is 5.32 Å². The van der Waals surface area contributed by atoms with Gasteiger partial charge in [0.1, 0.15) is 0 Å². The van der Waals surface area contributed by atoms with Crippen molar-refractivity contribution in [2.75, 3.05) is 20.1 Å². The van der Waals surface area contributed by atoms with E-state index in [4.69, 9.17) is 6.42 Å². The Hall–Kier alpha value is -0.520. The van der Waals surface area contributed by atoms with Crippen LogP contribution in [0.3, 0.4) is 0 Å². The van der Waals surface area contributed by atoms with Gasteiger partial charge in [0.2, 0.25) is 0 Å². The summed E-state index contributed by atoms with van der Waals surface area (Å²) in [5.41, 5.74) is 0.0625. The number of rotatable bonds is 6. The van der Waals surface area contributed by atoms with Gasteiger partial charge >= 0.3 is 0 Å². The average Bonchev–Trinajstić information content (AvgIpc) is 2.21. The zero-order valence-electron chi connectivity index (χ0n) is 10.2. The van der Waals surface area contributed by atoms with Crippen molar-refractivity contribution < 1.29 is 0 Å². The van der Waals surface area contributed by atoms with Gasteiger partial charge in [-0.05, 0) is 33.5 Å². The molecule has 2 atom stereocenters.